The van der Waals surface area contributed by atoms with Crippen molar-refractivity contribution >= 4 is 39.0 Å². The Balaban J connectivity index is 2.72. The smallest absolute Gasteiger partial charge is 0.357 e. The lowest BCUT2D eigenvalue weighted by molar-refractivity contribution is 0.0596. The molecule has 0 saturated heterocycles. The minimum absolute atomic E-state index is 0.274. The van der Waals surface area contributed by atoms with Gasteiger partial charge in [-0.2, -0.15) is 0 Å². The number of hydrogen-bond donors (Lipinski definition) is 0. The van der Waals surface area contributed by atoms with E-state index in [-0.39, 0.29) is 5.69 Å². The Bertz CT molecular complexity index is 495. The van der Waals surface area contributed by atoms with Crippen LogP contribution in [0.2, 0.25) is 5.15 Å². The molecule has 0 radical (unpaired) electrons. The molecule has 0 saturated carbocycles. The van der Waals surface area contributed by atoms with Gasteiger partial charge in [0.1, 0.15) is 5.15 Å². The van der Waals surface area contributed by atoms with E-state index in [0.29, 0.717) is 5.15 Å². The van der Waals surface area contributed by atoms with E-state index in [1.807, 2.05) is 11.4 Å². The molecule has 0 aliphatic heterocycles. The Hall–Kier alpha value is -1.13. The summed E-state index contributed by atoms with van der Waals surface area (Å²) in [6, 6.07) is 3.56. The maximum absolute atomic E-state index is 11.3. The number of esters is 1. The Morgan fingerprint density at radius 2 is 2.43 bits per heavy atom. The Morgan fingerprint density at radius 1 is 1.64 bits per heavy atom. The lowest BCUT2D eigenvalue weighted by Crippen LogP contribution is -2.04. The average Bonchev–Trinajstić information content (AvgIpc) is 2.62. The summed E-state index contributed by atoms with van der Waals surface area (Å²) in [4.78, 5) is 15.3. The van der Waals surface area contributed by atoms with Crippen LogP contribution in [0.3, 0.4) is 0 Å². The summed E-state index contributed by atoms with van der Waals surface area (Å²) in [6.45, 7) is 0. The molecule has 2 aromatic heterocycles. The fourth-order valence-corrected chi connectivity index (χ4v) is 2.27. The molecule has 0 aliphatic carbocycles. The number of halogens is 1. The van der Waals surface area contributed by atoms with Gasteiger partial charge in [-0.1, -0.05) is 11.6 Å². The lowest BCUT2D eigenvalue weighted by atomic mass is 10.2. The van der Waals surface area contributed by atoms with Gasteiger partial charge in [-0.3, -0.25) is 0 Å². The van der Waals surface area contributed by atoms with Crippen molar-refractivity contribution in [2.24, 2.45) is 0 Å². The second-order valence-corrected chi connectivity index (χ2v) is 3.95. The van der Waals surface area contributed by atoms with Gasteiger partial charge in [-0.05, 0) is 17.5 Å². The highest BCUT2D eigenvalue weighted by Gasteiger charge is 2.13. The summed E-state index contributed by atoms with van der Waals surface area (Å²) in [7, 11) is 1.32. The molecule has 0 unspecified atom stereocenters. The molecular weight excluding hydrogens is 222 g/mol. The number of aromatic nitrogens is 1. The van der Waals surface area contributed by atoms with E-state index in [0.717, 1.165) is 10.1 Å². The van der Waals surface area contributed by atoms with Crippen LogP contribution >= 0.6 is 22.9 Å². The van der Waals surface area contributed by atoms with Crippen LogP contribution in [0.5, 0.6) is 0 Å². The number of nitrogens with zero attached hydrogens (tertiary/aromatic N) is 1. The average molecular weight is 228 g/mol. The van der Waals surface area contributed by atoms with E-state index in [2.05, 4.69) is 9.72 Å². The van der Waals surface area contributed by atoms with Crippen molar-refractivity contribution in [3.05, 3.63) is 28.4 Å². The van der Waals surface area contributed by atoms with Crippen molar-refractivity contribution in [3.8, 4) is 0 Å². The summed E-state index contributed by atoms with van der Waals surface area (Å²) in [5.74, 6) is -0.462. The van der Waals surface area contributed by atoms with Crippen molar-refractivity contribution in [3.63, 3.8) is 0 Å². The highest BCUT2D eigenvalue weighted by atomic mass is 35.5. The zero-order chi connectivity index (χ0) is 10.1. The zero-order valence-electron chi connectivity index (χ0n) is 7.28. The first kappa shape index (κ1) is 9.43. The van der Waals surface area contributed by atoms with Gasteiger partial charge in [-0.25, -0.2) is 9.78 Å². The first-order valence-corrected chi connectivity index (χ1v) is 5.10. The molecule has 0 fully saturated rings. The third-order valence-corrected chi connectivity index (χ3v) is 2.86. The van der Waals surface area contributed by atoms with Crippen LogP contribution < -0.4 is 0 Å². The number of pyridine rings is 1. The number of carbonyl (C=O) groups excluding carboxylic acids is 1. The van der Waals surface area contributed by atoms with E-state index in [1.165, 1.54) is 18.4 Å². The number of carbonyl (C=O) groups is 1. The topological polar surface area (TPSA) is 39.2 Å². The van der Waals surface area contributed by atoms with Crippen molar-refractivity contribution < 1.29 is 9.53 Å². The standard InChI is InChI=1S/C9H6ClNO2S/c1-13-9(12)8-5-2-3-14-6(5)4-7(10)11-8/h2-4H,1H3. The molecule has 72 valence electrons. The molecule has 2 heterocycles. The Kier molecular flexibility index (Phi) is 2.39. The normalized spacial score (nSPS) is 10.4. The second kappa shape index (κ2) is 3.55. The van der Waals surface area contributed by atoms with Crippen molar-refractivity contribution in [2.75, 3.05) is 7.11 Å². The fraction of sp³-hybridized carbons (Fsp3) is 0.111. The third kappa shape index (κ3) is 1.47. The second-order valence-electron chi connectivity index (χ2n) is 2.62. The van der Waals surface area contributed by atoms with Crippen LogP contribution in [-0.4, -0.2) is 18.1 Å². The van der Waals surface area contributed by atoms with Crippen LogP contribution in [0.15, 0.2) is 17.5 Å². The third-order valence-electron chi connectivity index (χ3n) is 1.80. The summed E-state index contributed by atoms with van der Waals surface area (Å²) in [5.41, 5.74) is 0.274. The van der Waals surface area contributed by atoms with Crippen molar-refractivity contribution in [1.82, 2.24) is 4.98 Å². The van der Waals surface area contributed by atoms with Gasteiger partial charge in [0.25, 0.3) is 0 Å². The molecule has 0 spiro atoms. The maximum atomic E-state index is 11.3. The number of thiophene rings is 1. The van der Waals surface area contributed by atoms with Gasteiger partial charge in [0, 0.05) is 10.1 Å². The minimum atomic E-state index is -0.462. The molecule has 14 heavy (non-hydrogen) atoms. The quantitative estimate of drug-likeness (QED) is 0.556. The van der Waals surface area contributed by atoms with E-state index in [9.17, 15) is 4.79 Å². The van der Waals surface area contributed by atoms with Gasteiger partial charge < -0.3 is 4.74 Å². The molecule has 3 nitrogen and oxygen atoms in total. The first-order chi connectivity index (χ1) is 6.72. The molecule has 0 aromatic carbocycles. The number of hydrogen-bond acceptors (Lipinski definition) is 4. The van der Waals surface area contributed by atoms with Crippen LogP contribution in [0.4, 0.5) is 0 Å². The summed E-state index contributed by atoms with van der Waals surface area (Å²) >= 11 is 7.28. The molecule has 0 N–H and O–H groups in total. The molecule has 2 aromatic rings. The van der Waals surface area contributed by atoms with Gasteiger partial charge >= 0.3 is 5.97 Å². The van der Waals surface area contributed by atoms with E-state index < -0.39 is 5.97 Å². The molecule has 0 aliphatic rings. The van der Waals surface area contributed by atoms with E-state index >= 15 is 0 Å². The minimum Gasteiger partial charge on any atom is -0.464 e. The monoisotopic (exact) mass is 227 g/mol. The highest BCUT2D eigenvalue weighted by Crippen LogP contribution is 2.26. The summed E-state index contributed by atoms with van der Waals surface area (Å²) < 4.78 is 5.55. The molecule has 0 amide bonds. The number of fused-ring (bicyclic) bond motifs is 1. The van der Waals surface area contributed by atoms with Crippen molar-refractivity contribution in [2.45, 2.75) is 0 Å². The van der Waals surface area contributed by atoms with Gasteiger partial charge in [0.2, 0.25) is 0 Å². The van der Waals surface area contributed by atoms with Crippen LogP contribution in [0.1, 0.15) is 10.5 Å². The van der Waals surface area contributed by atoms with Crippen molar-refractivity contribution in [1.29, 1.82) is 0 Å². The molecule has 5 heteroatoms. The van der Waals surface area contributed by atoms with E-state index in [4.69, 9.17) is 11.6 Å². The Labute approximate surface area is 89.3 Å². The van der Waals surface area contributed by atoms with Gasteiger partial charge in [0.05, 0.1) is 7.11 Å². The zero-order valence-corrected chi connectivity index (χ0v) is 8.85. The Morgan fingerprint density at radius 3 is 3.14 bits per heavy atom. The number of ether oxygens (including phenoxy) is 1. The predicted octanol–water partition coefficient (Wildman–Crippen LogP) is 2.74. The van der Waals surface area contributed by atoms with Gasteiger partial charge in [0.15, 0.2) is 5.69 Å². The van der Waals surface area contributed by atoms with Gasteiger partial charge in [-0.15, -0.1) is 11.3 Å². The number of methoxy groups -OCH3 is 1. The lowest BCUT2D eigenvalue weighted by Gasteiger charge is -2.00. The predicted molar refractivity (Wildman–Crippen MR) is 56.0 cm³/mol. The fourth-order valence-electron chi connectivity index (χ4n) is 1.19. The highest BCUT2D eigenvalue weighted by molar-refractivity contribution is 7.17. The molecular formula is C9H6ClNO2S. The maximum Gasteiger partial charge on any atom is 0.357 e. The first-order valence-electron chi connectivity index (χ1n) is 3.84. The van der Waals surface area contributed by atoms with E-state index in [1.54, 1.807) is 6.07 Å². The van der Waals surface area contributed by atoms with Crippen LogP contribution in [-0.2, 0) is 4.74 Å². The summed E-state index contributed by atoms with van der Waals surface area (Å²) in [5, 5.41) is 2.97. The number of rotatable bonds is 1. The molecule has 2 rings (SSSR count). The SMILES string of the molecule is COC(=O)c1nc(Cl)cc2sccc12. The molecule has 0 atom stereocenters. The molecule has 0 bridgehead atoms. The summed E-state index contributed by atoms with van der Waals surface area (Å²) in [6.07, 6.45) is 0. The van der Waals surface area contributed by atoms with Crippen LogP contribution in [0.25, 0.3) is 10.1 Å². The largest absolute Gasteiger partial charge is 0.464 e. The van der Waals surface area contributed by atoms with Crippen LogP contribution in [0, 0.1) is 0 Å².